The fraction of sp³-hybridized carbons (Fsp3) is 0.286. The summed E-state index contributed by atoms with van der Waals surface area (Å²) in [6.07, 6.45) is 6.18. The number of hydrogen-bond donors (Lipinski definition) is 2. The highest BCUT2D eigenvalue weighted by atomic mass is 16.4. The van der Waals surface area contributed by atoms with Gasteiger partial charge in [-0.2, -0.15) is 5.10 Å². The van der Waals surface area contributed by atoms with Crippen molar-refractivity contribution in [3.05, 3.63) is 42.5 Å². The molecule has 21 heavy (non-hydrogen) atoms. The number of nitrogens with one attached hydrogen (secondary N) is 1. The third-order valence-corrected chi connectivity index (χ3v) is 2.97. The van der Waals surface area contributed by atoms with Crippen LogP contribution < -0.4 is 5.32 Å². The number of carbonyl (C=O) groups is 2. The molecule has 0 aliphatic carbocycles. The molecule has 1 amide bonds. The van der Waals surface area contributed by atoms with Gasteiger partial charge in [-0.15, -0.1) is 0 Å². The van der Waals surface area contributed by atoms with Gasteiger partial charge in [0.05, 0.1) is 23.6 Å². The third-order valence-electron chi connectivity index (χ3n) is 2.97. The molecule has 2 aromatic heterocycles. The van der Waals surface area contributed by atoms with Crippen LogP contribution in [0.2, 0.25) is 0 Å². The van der Waals surface area contributed by atoms with Crippen molar-refractivity contribution in [2.45, 2.75) is 19.9 Å². The maximum absolute atomic E-state index is 12.1. The van der Waals surface area contributed by atoms with Crippen molar-refractivity contribution >= 4 is 11.9 Å². The molecule has 0 radical (unpaired) electrons. The van der Waals surface area contributed by atoms with Gasteiger partial charge >= 0.3 is 5.97 Å². The third kappa shape index (κ3) is 3.44. The standard InChI is InChI=1S/C14H16N4O3/c1-9(2)12(14(20)21)17-13(19)10-6-16-18(8-10)11-4-3-5-15-7-11/h3-9,12H,1-2H3,(H,17,19)(H,20,21)/t12-/m0/s1. The van der Waals surface area contributed by atoms with Gasteiger partial charge in [-0.3, -0.25) is 9.78 Å². The van der Waals surface area contributed by atoms with E-state index in [0.29, 0.717) is 5.56 Å². The first-order valence-electron chi connectivity index (χ1n) is 6.48. The Morgan fingerprint density at radius 2 is 2.10 bits per heavy atom. The molecule has 0 bridgehead atoms. The van der Waals surface area contributed by atoms with Gasteiger partial charge in [0, 0.05) is 12.4 Å². The van der Waals surface area contributed by atoms with Gasteiger partial charge < -0.3 is 10.4 Å². The van der Waals surface area contributed by atoms with Crippen molar-refractivity contribution < 1.29 is 14.7 Å². The monoisotopic (exact) mass is 288 g/mol. The van der Waals surface area contributed by atoms with E-state index in [1.54, 1.807) is 38.4 Å². The summed E-state index contributed by atoms with van der Waals surface area (Å²) in [5.41, 5.74) is 1.01. The van der Waals surface area contributed by atoms with Crippen molar-refractivity contribution in [3.63, 3.8) is 0 Å². The predicted molar refractivity (Wildman–Crippen MR) is 75.1 cm³/mol. The van der Waals surface area contributed by atoms with E-state index in [4.69, 9.17) is 5.11 Å². The summed E-state index contributed by atoms with van der Waals surface area (Å²) in [5.74, 6) is -1.73. The molecular weight excluding hydrogens is 272 g/mol. The predicted octanol–water partition coefficient (Wildman–Crippen LogP) is 1.11. The van der Waals surface area contributed by atoms with E-state index in [1.807, 2.05) is 0 Å². The van der Waals surface area contributed by atoms with Gasteiger partial charge in [-0.05, 0) is 18.1 Å². The van der Waals surface area contributed by atoms with Crippen LogP contribution in [0.5, 0.6) is 0 Å². The highest BCUT2D eigenvalue weighted by Gasteiger charge is 2.24. The first kappa shape index (κ1) is 14.7. The van der Waals surface area contributed by atoms with Gasteiger partial charge in [0.15, 0.2) is 0 Å². The van der Waals surface area contributed by atoms with Crippen molar-refractivity contribution in [1.29, 1.82) is 0 Å². The Morgan fingerprint density at radius 1 is 1.33 bits per heavy atom. The molecule has 7 nitrogen and oxygen atoms in total. The molecule has 0 fully saturated rings. The molecule has 2 heterocycles. The maximum atomic E-state index is 12.1. The fourth-order valence-corrected chi connectivity index (χ4v) is 1.81. The summed E-state index contributed by atoms with van der Waals surface area (Å²) >= 11 is 0. The van der Waals surface area contributed by atoms with Gasteiger partial charge in [-0.1, -0.05) is 13.8 Å². The average Bonchev–Trinajstić information content (AvgIpc) is 2.94. The van der Waals surface area contributed by atoms with Crippen LogP contribution in [0.1, 0.15) is 24.2 Å². The number of pyridine rings is 1. The topological polar surface area (TPSA) is 97.1 Å². The minimum absolute atomic E-state index is 0.209. The second kappa shape index (κ2) is 6.17. The zero-order valence-electron chi connectivity index (χ0n) is 11.7. The second-order valence-electron chi connectivity index (χ2n) is 4.92. The number of carboxylic acid groups (broad SMARTS) is 1. The van der Waals surface area contributed by atoms with Crippen LogP contribution in [-0.4, -0.2) is 37.8 Å². The van der Waals surface area contributed by atoms with Gasteiger partial charge in [0.2, 0.25) is 0 Å². The molecule has 1 atom stereocenters. The molecule has 0 unspecified atom stereocenters. The van der Waals surface area contributed by atoms with Crippen molar-refractivity contribution in [2.24, 2.45) is 5.92 Å². The molecule has 0 aromatic carbocycles. The second-order valence-corrected chi connectivity index (χ2v) is 4.92. The number of aromatic nitrogens is 3. The molecule has 2 rings (SSSR count). The van der Waals surface area contributed by atoms with E-state index in [0.717, 1.165) is 5.69 Å². The van der Waals surface area contributed by atoms with E-state index >= 15 is 0 Å². The molecule has 0 saturated carbocycles. The van der Waals surface area contributed by atoms with Crippen LogP contribution in [0.4, 0.5) is 0 Å². The van der Waals surface area contributed by atoms with Crippen molar-refractivity contribution in [2.75, 3.05) is 0 Å². The lowest BCUT2D eigenvalue weighted by Crippen LogP contribution is -2.44. The van der Waals surface area contributed by atoms with E-state index < -0.39 is 17.9 Å². The smallest absolute Gasteiger partial charge is 0.326 e. The molecule has 2 aromatic rings. The van der Waals surface area contributed by atoms with Gasteiger partial charge in [0.25, 0.3) is 5.91 Å². The van der Waals surface area contributed by atoms with E-state index in [1.165, 1.54) is 17.1 Å². The van der Waals surface area contributed by atoms with E-state index in [9.17, 15) is 9.59 Å². The lowest BCUT2D eigenvalue weighted by atomic mass is 10.0. The number of nitrogens with zero attached hydrogens (tertiary/aromatic N) is 3. The molecule has 110 valence electrons. The van der Waals surface area contributed by atoms with Crippen LogP contribution in [0.3, 0.4) is 0 Å². The van der Waals surface area contributed by atoms with Crippen LogP contribution >= 0.6 is 0 Å². The summed E-state index contributed by atoms with van der Waals surface area (Å²) in [6, 6.07) is 2.63. The lowest BCUT2D eigenvalue weighted by molar-refractivity contribution is -0.140. The molecule has 0 spiro atoms. The zero-order chi connectivity index (χ0) is 15.4. The maximum Gasteiger partial charge on any atom is 0.326 e. The van der Waals surface area contributed by atoms with Crippen LogP contribution in [-0.2, 0) is 4.79 Å². The Labute approximate surface area is 121 Å². The first-order chi connectivity index (χ1) is 9.99. The van der Waals surface area contributed by atoms with Crippen LogP contribution in [0.15, 0.2) is 36.9 Å². The lowest BCUT2D eigenvalue weighted by Gasteiger charge is -2.17. The Balaban J connectivity index is 2.14. The number of hydrogen-bond acceptors (Lipinski definition) is 4. The molecule has 7 heteroatoms. The van der Waals surface area contributed by atoms with Crippen LogP contribution in [0, 0.1) is 5.92 Å². The number of aliphatic carboxylic acids is 1. The average molecular weight is 288 g/mol. The summed E-state index contributed by atoms with van der Waals surface area (Å²) in [7, 11) is 0. The number of amides is 1. The van der Waals surface area contributed by atoms with Crippen molar-refractivity contribution in [1.82, 2.24) is 20.1 Å². The Bertz CT molecular complexity index is 637. The normalized spacial score (nSPS) is 12.1. The van der Waals surface area contributed by atoms with Crippen molar-refractivity contribution in [3.8, 4) is 5.69 Å². The highest BCUT2D eigenvalue weighted by Crippen LogP contribution is 2.08. The number of carbonyl (C=O) groups excluding carboxylic acids is 1. The summed E-state index contributed by atoms with van der Waals surface area (Å²) < 4.78 is 1.51. The molecule has 0 aliphatic rings. The highest BCUT2D eigenvalue weighted by molar-refractivity contribution is 5.96. The molecule has 0 aliphatic heterocycles. The largest absolute Gasteiger partial charge is 0.480 e. The fourth-order valence-electron chi connectivity index (χ4n) is 1.81. The van der Waals surface area contributed by atoms with Gasteiger partial charge in [0.1, 0.15) is 6.04 Å². The minimum atomic E-state index is -1.06. The summed E-state index contributed by atoms with van der Waals surface area (Å²) in [6.45, 7) is 3.47. The molecular formula is C14H16N4O3. The zero-order valence-corrected chi connectivity index (χ0v) is 11.7. The molecule has 2 N–H and O–H groups in total. The number of carboxylic acids is 1. The Hall–Kier alpha value is -2.70. The minimum Gasteiger partial charge on any atom is -0.480 e. The first-order valence-corrected chi connectivity index (χ1v) is 6.48. The van der Waals surface area contributed by atoms with E-state index in [2.05, 4.69) is 15.4 Å². The Kier molecular flexibility index (Phi) is 4.32. The van der Waals surface area contributed by atoms with E-state index in [-0.39, 0.29) is 5.92 Å². The summed E-state index contributed by atoms with van der Waals surface area (Å²) in [4.78, 5) is 27.1. The SMILES string of the molecule is CC(C)[C@H](NC(=O)c1cnn(-c2cccnc2)c1)C(=O)O. The quantitative estimate of drug-likeness (QED) is 0.859. The molecule has 0 saturated heterocycles. The Morgan fingerprint density at radius 3 is 2.67 bits per heavy atom. The number of rotatable bonds is 5. The van der Waals surface area contributed by atoms with Crippen LogP contribution in [0.25, 0.3) is 5.69 Å². The summed E-state index contributed by atoms with van der Waals surface area (Å²) in [5, 5.41) is 15.6. The van der Waals surface area contributed by atoms with Gasteiger partial charge in [-0.25, -0.2) is 9.48 Å².